The van der Waals surface area contributed by atoms with Crippen LogP contribution >= 0.6 is 0 Å². The summed E-state index contributed by atoms with van der Waals surface area (Å²) in [5.41, 5.74) is 1.65. The van der Waals surface area contributed by atoms with Gasteiger partial charge in [0.15, 0.2) is 0 Å². The summed E-state index contributed by atoms with van der Waals surface area (Å²) in [7, 11) is -1.21. The molecule has 0 aromatic heterocycles. The summed E-state index contributed by atoms with van der Waals surface area (Å²) in [5, 5.41) is 8.40. The van der Waals surface area contributed by atoms with Crippen LogP contribution in [0.5, 0.6) is 0 Å². The van der Waals surface area contributed by atoms with Gasteiger partial charge in [-0.3, -0.25) is 9.00 Å². The number of amides is 3. The number of carbonyl (C=O) groups is 2. The molecule has 7 heteroatoms. The molecule has 2 aromatic carbocycles. The van der Waals surface area contributed by atoms with E-state index in [-0.39, 0.29) is 11.9 Å². The van der Waals surface area contributed by atoms with Crippen LogP contribution in [-0.2, 0) is 10.8 Å². The van der Waals surface area contributed by atoms with Gasteiger partial charge in [-0.05, 0) is 49.2 Å². The number of anilines is 2. The summed E-state index contributed by atoms with van der Waals surface area (Å²) >= 11 is 0. The zero-order chi connectivity index (χ0) is 18.5. The Morgan fingerprint density at radius 2 is 1.62 bits per heavy atom. The SMILES string of the molecule is CC[S@](=O)c1ccccc1C(=O)Nc1ccc(NC(=O)NC2CC2)cc1. The lowest BCUT2D eigenvalue weighted by Crippen LogP contribution is -2.30. The molecule has 136 valence electrons. The maximum Gasteiger partial charge on any atom is 0.319 e. The van der Waals surface area contributed by atoms with E-state index in [2.05, 4.69) is 16.0 Å². The van der Waals surface area contributed by atoms with Gasteiger partial charge >= 0.3 is 6.03 Å². The minimum atomic E-state index is -1.21. The Balaban J connectivity index is 1.64. The fourth-order valence-corrected chi connectivity index (χ4v) is 3.37. The summed E-state index contributed by atoms with van der Waals surface area (Å²) in [5.74, 6) is 0.141. The molecule has 1 aliphatic carbocycles. The molecule has 0 saturated heterocycles. The zero-order valence-electron chi connectivity index (χ0n) is 14.5. The van der Waals surface area contributed by atoms with Crippen molar-refractivity contribution in [3.63, 3.8) is 0 Å². The predicted molar refractivity (Wildman–Crippen MR) is 103 cm³/mol. The minimum absolute atomic E-state index is 0.222. The van der Waals surface area contributed by atoms with Crippen molar-refractivity contribution in [1.82, 2.24) is 5.32 Å². The average molecular weight is 371 g/mol. The van der Waals surface area contributed by atoms with Crippen LogP contribution in [0.2, 0.25) is 0 Å². The Morgan fingerprint density at radius 1 is 1.00 bits per heavy atom. The van der Waals surface area contributed by atoms with Crippen molar-refractivity contribution < 1.29 is 13.8 Å². The summed E-state index contributed by atoms with van der Waals surface area (Å²) in [6.07, 6.45) is 2.06. The Labute approximate surface area is 154 Å². The third-order valence-electron chi connectivity index (χ3n) is 3.95. The Bertz CT molecular complexity index is 832. The van der Waals surface area contributed by atoms with Crippen molar-refractivity contribution in [2.45, 2.75) is 30.7 Å². The molecule has 2 aromatic rings. The highest BCUT2D eigenvalue weighted by molar-refractivity contribution is 7.85. The van der Waals surface area contributed by atoms with Crippen LogP contribution < -0.4 is 16.0 Å². The first-order chi connectivity index (χ1) is 12.6. The van der Waals surface area contributed by atoms with Crippen molar-refractivity contribution in [3.8, 4) is 0 Å². The quantitative estimate of drug-likeness (QED) is 0.728. The first kappa shape index (κ1) is 18.1. The number of hydrogen-bond acceptors (Lipinski definition) is 3. The van der Waals surface area contributed by atoms with Crippen LogP contribution in [0.25, 0.3) is 0 Å². The van der Waals surface area contributed by atoms with Gasteiger partial charge in [-0.1, -0.05) is 19.1 Å². The fraction of sp³-hybridized carbons (Fsp3) is 0.263. The first-order valence-electron chi connectivity index (χ1n) is 8.53. The largest absolute Gasteiger partial charge is 0.335 e. The van der Waals surface area contributed by atoms with Gasteiger partial charge in [0.25, 0.3) is 5.91 Å². The molecule has 0 unspecified atom stereocenters. The van der Waals surface area contributed by atoms with E-state index in [9.17, 15) is 13.8 Å². The molecule has 26 heavy (non-hydrogen) atoms. The molecule has 0 aliphatic heterocycles. The van der Waals surface area contributed by atoms with Gasteiger partial charge in [0.1, 0.15) is 0 Å². The number of benzene rings is 2. The first-order valence-corrected chi connectivity index (χ1v) is 9.85. The summed E-state index contributed by atoms with van der Waals surface area (Å²) in [6.45, 7) is 1.82. The third-order valence-corrected chi connectivity index (χ3v) is 5.32. The maximum atomic E-state index is 12.5. The van der Waals surface area contributed by atoms with Crippen LogP contribution in [0.4, 0.5) is 16.2 Å². The summed E-state index contributed by atoms with van der Waals surface area (Å²) in [6, 6.07) is 13.8. The van der Waals surface area contributed by atoms with Gasteiger partial charge in [-0.15, -0.1) is 0 Å². The smallest absolute Gasteiger partial charge is 0.319 e. The van der Waals surface area contributed by atoms with Crippen LogP contribution in [-0.4, -0.2) is 27.9 Å². The molecular weight excluding hydrogens is 350 g/mol. The monoisotopic (exact) mass is 371 g/mol. The van der Waals surface area contributed by atoms with Crippen molar-refractivity contribution in [3.05, 3.63) is 54.1 Å². The second kappa shape index (κ2) is 8.14. The zero-order valence-corrected chi connectivity index (χ0v) is 15.3. The minimum Gasteiger partial charge on any atom is -0.335 e. The van der Waals surface area contributed by atoms with Crippen LogP contribution in [0.15, 0.2) is 53.4 Å². The number of nitrogens with one attached hydrogen (secondary N) is 3. The molecule has 0 spiro atoms. The van der Waals surface area contributed by atoms with E-state index < -0.39 is 10.8 Å². The highest BCUT2D eigenvalue weighted by Gasteiger charge is 2.23. The van der Waals surface area contributed by atoms with Crippen molar-refractivity contribution in [1.29, 1.82) is 0 Å². The van der Waals surface area contributed by atoms with Crippen LogP contribution in [0.3, 0.4) is 0 Å². The second-order valence-electron chi connectivity index (χ2n) is 6.03. The van der Waals surface area contributed by atoms with Crippen molar-refractivity contribution in [2.24, 2.45) is 0 Å². The molecule has 6 nitrogen and oxygen atoms in total. The number of hydrogen-bond donors (Lipinski definition) is 3. The topological polar surface area (TPSA) is 87.3 Å². The Hall–Kier alpha value is -2.67. The lowest BCUT2D eigenvalue weighted by Gasteiger charge is -2.10. The molecule has 0 radical (unpaired) electrons. The molecule has 1 aliphatic rings. The Morgan fingerprint density at radius 3 is 2.23 bits per heavy atom. The molecule has 0 heterocycles. The van der Waals surface area contributed by atoms with E-state index in [1.54, 1.807) is 48.5 Å². The molecule has 1 atom stereocenters. The number of rotatable bonds is 6. The van der Waals surface area contributed by atoms with E-state index in [1.807, 2.05) is 6.92 Å². The Kier molecular flexibility index (Phi) is 5.68. The van der Waals surface area contributed by atoms with E-state index in [1.165, 1.54) is 0 Å². The van der Waals surface area contributed by atoms with Gasteiger partial charge in [0.2, 0.25) is 0 Å². The molecule has 3 N–H and O–H groups in total. The summed E-state index contributed by atoms with van der Waals surface area (Å²) < 4.78 is 12.1. The highest BCUT2D eigenvalue weighted by Crippen LogP contribution is 2.20. The van der Waals surface area contributed by atoms with E-state index in [0.29, 0.717) is 33.6 Å². The van der Waals surface area contributed by atoms with Crippen molar-refractivity contribution in [2.75, 3.05) is 16.4 Å². The van der Waals surface area contributed by atoms with E-state index in [0.717, 1.165) is 12.8 Å². The predicted octanol–water partition coefficient (Wildman–Crippen LogP) is 3.35. The highest BCUT2D eigenvalue weighted by atomic mass is 32.2. The molecule has 3 amide bonds. The molecule has 0 bridgehead atoms. The molecule has 1 fully saturated rings. The van der Waals surface area contributed by atoms with Crippen molar-refractivity contribution >= 4 is 34.1 Å². The fourth-order valence-electron chi connectivity index (χ4n) is 2.42. The normalized spacial score (nSPS) is 14.3. The third kappa shape index (κ3) is 4.70. The number of urea groups is 1. The van der Waals surface area contributed by atoms with E-state index in [4.69, 9.17) is 0 Å². The van der Waals surface area contributed by atoms with Crippen LogP contribution in [0, 0.1) is 0 Å². The summed E-state index contributed by atoms with van der Waals surface area (Å²) in [4.78, 5) is 24.8. The second-order valence-corrected chi connectivity index (χ2v) is 7.74. The molecular formula is C19H21N3O3S. The van der Waals surface area contributed by atoms with E-state index >= 15 is 0 Å². The number of carbonyl (C=O) groups excluding carboxylic acids is 2. The standard InChI is InChI=1S/C19H21N3O3S/c1-2-26(25)17-6-4-3-5-16(17)18(23)20-13-7-9-14(10-8-13)21-19(24)22-15-11-12-15/h3-10,15H,2,11-12H2,1H3,(H,20,23)(H2,21,22,24)/t26-/m0/s1. The van der Waals surface area contributed by atoms with Gasteiger partial charge in [-0.2, -0.15) is 0 Å². The molecule has 3 rings (SSSR count). The lowest BCUT2D eigenvalue weighted by atomic mass is 10.2. The van der Waals surface area contributed by atoms with Gasteiger partial charge in [0.05, 0.1) is 21.3 Å². The van der Waals surface area contributed by atoms with Gasteiger partial charge in [-0.25, -0.2) is 4.79 Å². The van der Waals surface area contributed by atoms with Gasteiger partial charge in [0, 0.05) is 23.2 Å². The molecule has 1 saturated carbocycles. The maximum absolute atomic E-state index is 12.5. The van der Waals surface area contributed by atoms with Crippen LogP contribution in [0.1, 0.15) is 30.1 Å². The lowest BCUT2D eigenvalue weighted by molar-refractivity contribution is 0.102. The average Bonchev–Trinajstić information content (AvgIpc) is 3.46. The van der Waals surface area contributed by atoms with Gasteiger partial charge < -0.3 is 16.0 Å².